The highest BCUT2D eigenvalue weighted by Crippen LogP contribution is 2.18. The SMILES string of the molecule is Cc1ccc(=O)n(CCOc2ccc(N)c(C)c2)c1. The van der Waals surface area contributed by atoms with Crippen LogP contribution in [0.4, 0.5) is 5.69 Å². The number of nitrogens with two attached hydrogens (primary N) is 1. The van der Waals surface area contributed by atoms with Gasteiger partial charge in [0.15, 0.2) is 0 Å². The van der Waals surface area contributed by atoms with Crippen LogP contribution < -0.4 is 16.0 Å². The molecule has 2 N–H and O–H groups in total. The van der Waals surface area contributed by atoms with Gasteiger partial charge in [-0.05, 0) is 43.2 Å². The summed E-state index contributed by atoms with van der Waals surface area (Å²) in [6, 6.07) is 8.94. The molecule has 19 heavy (non-hydrogen) atoms. The molecule has 0 aliphatic heterocycles. The molecule has 1 aromatic carbocycles. The van der Waals surface area contributed by atoms with Crippen molar-refractivity contribution in [3.63, 3.8) is 0 Å². The van der Waals surface area contributed by atoms with E-state index in [0.29, 0.717) is 13.2 Å². The molecular formula is C15H18N2O2. The summed E-state index contributed by atoms with van der Waals surface area (Å²) in [5.74, 6) is 0.771. The standard InChI is InChI=1S/C15H18N2O2/c1-11-3-6-15(18)17(10-11)7-8-19-13-4-5-14(16)12(2)9-13/h3-6,9-10H,7-8,16H2,1-2H3. The van der Waals surface area contributed by atoms with Crippen LogP contribution in [-0.2, 0) is 6.54 Å². The number of nitrogen functional groups attached to an aromatic ring is 1. The predicted molar refractivity (Wildman–Crippen MR) is 76.5 cm³/mol. The first kappa shape index (κ1) is 13.2. The third-order valence-electron chi connectivity index (χ3n) is 2.97. The van der Waals surface area contributed by atoms with Crippen LogP contribution in [0, 0.1) is 13.8 Å². The van der Waals surface area contributed by atoms with Crippen molar-refractivity contribution >= 4 is 5.69 Å². The summed E-state index contributed by atoms with van der Waals surface area (Å²) in [4.78, 5) is 11.6. The number of hydrogen-bond donors (Lipinski definition) is 1. The zero-order chi connectivity index (χ0) is 13.8. The molecule has 2 rings (SSSR count). The lowest BCUT2D eigenvalue weighted by Gasteiger charge is -2.10. The van der Waals surface area contributed by atoms with E-state index in [0.717, 1.165) is 22.6 Å². The van der Waals surface area contributed by atoms with Crippen molar-refractivity contribution in [1.82, 2.24) is 4.57 Å². The molecule has 2 aromatic rings. The predicted octanol–water partition coefficient (Wildman–Crippen LogP) is 2.13. The summed E-state index contributed by atoms with van der Waals surface area (Å²) >= 11 is 0. The van der Waals surface area contributed by atoms with Crippen molar-refractivity contribution in [2.45, 2.75) is 20.4 Å². The van der Waals surface area contributed by atoms with Crippen LogP contribution in [0.1, 0.15) is 11.1 Å². The maximum absolute atomic E-state index is 11.6. The Morgan fingerprint density at radius 2 is 2.00 bits per heavy atom. The van der Waals surface area contributed by atoms with Crippen LogP contribution in [0.25, 0.3) is 0 Å². The van der Waals surface area contributed by atoms with Gasteiger partial charge in [0.1, 0.15) is 12.4 Å². The smallest absolute Gasteiger partial charge is 0.250 e. The van der Waals surface area contributed by atoms with Crippen LogP contribution in [0.2, 0.25) is 0 Å². The number of benzene rings is 1. The Bertz CT molecular complexity index is 632. The molecule has 0 radical (unpaired) electrons. The largest absolute Gasteiger partial charge is 0.492 e. The highest BCUT2D eigenvalue weighted by molar-refractivity contribution is 5.49. The van der Waals surface area contributed by atoms with E-state index in [4.69, 9.17) is 10.5 Å². The van der Waals surface area contributed by atoms with Crippen molar-refractivity contribution in [2.24, 2.45) is 0 Å². The molecule has 0 saturated heterocycles. The highest BCUT2D eigenvalue weighted by Gasteiger charge is 1.99. The number of anilines is 1. The first-order chi connectivity index (χ1) is 9.06. The quantitative estimate of drug-likeness (QED) is 0.855. The summed E-state index contributed by atoms with van der Waals surface area (Å²) in [6.45, 7) is 4.88. The third kappa shape index (κ3) is 3.37. The molecule has 0 saturated carbocycles. The van der Waals surface area contributed by atoms with E-state index < -0.39 is 0 Å². The Kier molecular flexibility index (Phi) is 3.90. The Labute approximate surface area is 112 Å². The molecule has 0 aliphatic carbocycles. The van der Waals surface area contributed by atoms with Crippen LogP contribution >= 0.6 is 0 Å². The number of pyridine rings is 1. The fourth-order valence-corrected chi connectivity index (χ4v) is 1.83. The van der Waals surface area contributed by atoms with Gasteiger partial charge in [-0.1, -0.05) is 6.07 Å². The molecule has 0 atom stereocenters. The van der Waals surface area contributed by atoms with Crippen LogP contribution in [0.15, 0.2) is 41.3 Å². The molecule has 0 amide bonds. The van der Waals surface area contributed by atoms with E-state index in [1.54, 1.807) is 10.6 Å². The Balaban J connectivity index is 1.98. The monoisotopic (exact) mass is 258 g/mol. The normalized spacial score (nSPS) is 10.4. The Hall–Kier alpha value is -2.23. The zero-order valence-corrected chi connectivity index (χ0v) is 11.2. The fourth-order valence-electron chi connectivity index (χ4n) is 1.83. The fraction of sp³-hybridized carbons (Fsp3) is 0.267. The molecule has 1 heterocycles. The molecule has 0 aliphatic rings. The van der Waals surface area contributed by atoms with E-state index in [2.05, 4.69) is 0 Å². The summed E-state index contributed by atoms with van der Waals surface area (Å²) in [5.41, 5.74) is 8.53. The van der Waals surface area contributed by atoms with Gasteiger partial charge < -0.3 is 15.0 Å². The van der Waals surface area contributed by atoms with Gasteiger partial charge >= 0.3 is 0 Å². The molecule has 1 aromatic heterocycles. The van der Waals surface area contributed by atoms with Crippen molar-refractivity contribution in [3.8, 4) is 5.75 Å². The second kappa shape index (κ2) is 5.61. The summed E-state index contributed by atoms with van der Waals surface area (Å²) in [5, 5.41) is 0. The van der Waals surface area contributed by atoms with E-state index >= 15 is 0 Å². The van der Waals surface area contributed by atoms with Crippen molar-refractivity contribution in [2.75, 3.05) is 12.3 Å². The average Bonchev–Trinajstić information content (AvgIpc) is 2.38. The minimum atomic E-state index is -0.0114. The van der Waals surface area contributed by atoms with Crippen LogP contribution in [0.3, 0.4) is 0 Å². The number of aromatic nitrogens is 1. The molecular weight excluding hydrogens is 240 g/mol. The lowest BCUT2D eigenvalue weighted by atomic mass is 10.2. The molecule has 0 bridgehead atoms. The minimum Gasteiger partial charge on any atom is -0.492 e. The Morgan fingerprint density at radius 1 is 1.21 bits per heavy atom. The second-order valence-electron chi connectivity index (χ2n) is 4.60. The lowest BCUT2D eigenvalue weighted by Crippen LogP contribution is -2.22. The van der Waals surface area contributed by atoms with Gasteiger partial charge in [-0.15, -0.1) is 0 Å². The first-order valence-electron chi connectivity index (χ1n) is 6.22. The maximum atomic E-state index is 11.6. The number of rotatable bonds is 4. The number of aryl methyl sites for hydroxylation is 2. The van der Waals surface area contributed by atoms with Crippen molar-refractivity contribution in [1.29, 1.82) is 0 Å². The maximum Gasteiger partial charge on any atom is 0.250 e. The number of nitrogens with zero attached hydrogens (tertiary/aromatic N) is 1. The lowest BCUT2D eigenvalue weighted by molar-refractivity contribution is 0.296. The van der Waals surface area contributed by atoms with E-state index in [1.807, 2.05) is 44.3 Å². The van der Waals surface area contributed by atoms with Gasteiger partial charge in [-0.2, -0.15) is 0 Å². The van der Waals surface area contributed by atoms with Gasteiger partial charge in [-0.3, -0.25) is 4.79 Å². The third-order valence-corrected chi connectivity index (χ3v) is 2.97. The van der Waals surface area contributed by atoms with Gasteiger partial charge in [0.2, 0.25) is 0 Å². The number of ether oxygens (including phenoxy) is 1. The molecule has 4 heteroatoms. The van der Waals surface area contributed by atoms with Crippen LogP contribution in [-0.4, -0.2) is 11.2 Å². The molecule has 0 fully saturated rings. The van der Waals surface area contributed by atoms with Crippen molar-refractivity contribution < 1.29 is 4.74 Å². The molecule has 100 valence electrons. The zero-order valence-electron chi connectivity index (χ0n) is 11.2. The number of hydrogen-bond acceptors (Lipinski definition) is 3. The summed E-state index contributed by atoms with van der Waals surface area (Å²) in [7, 11) is 0. The van der Waals surface area contributed by atoms with Crippen LogP contribution in [0.5, 0.6) is 5.75 Å². The molecule has 4 nitrogen and oxygen atoms in total. The van der Waals surface area contributed by atoms with E-state index in [1.165, 1.54) is 0 Å². The van der Waals surface area contributed by atoms with Gasteiger partial charge in [0, 0.05) is 18.0 Å². The molecule has 0 unspecified atom stereocenters. The average molecular weight is 258 g/mol. The molecule has 0 spiro atoms. The van der Waals surface area contributed by atoms with Gasteiger partial charge in [-0.25, -0.2) is 0 Å². The topological polar surface area (TPSA) is 57.2 Å². The highest BCUT2D eigenvalue weighted by atomic mass is 16.5. The Morgan fingerprint density at radius 3 is 2.74 bits per heavy atom. The summed E-state index contributed by atoms with van der Waals surface area (Å²) < 4.78 is 7.28. The van der Waals surface area contributed by atoms with Crippen molar-refractivity contribution in [3.05, 3.63) is 58.0 Å². The minimum absolute atomic E-state index is 0.0114. The van der Waals surface area contributed by atoms with Gasteiger partial charge in [0.05, 0.1) is 6.54 Å². The van der Waals surface area contributed by atoms with Gasteiger partial charge in [0.25, 0.3) is 5.56 Å². The second-order valence-corrected chi connectivity index (χ2v) is 4.60. The van der Waals surface area contributed by atoms with E-state index in [-0.39, 0.29) is 5.56 Å². The van der Waals surface area contributed by atoms with E-state index in [9.17, 15) is 4.79 Å². The summed E-state index contributed by atoms with van der Waals surface area (Å²) in [6.07, 6.45) is 1.83. The first-order valence-corrected chi connectivity index (χ1v) is 6.22.